The van der Waals surface area contributed by atoms with Crippen molar-refractivity contribution in [1.82, 2.24) is 9.78 Å². The molecule has 118 valence electrons. The summed E-state index contributed by atoms with van der Waals surface area (Å²) in [4.78, 5) is 0. The summed E-state index contributed by atoms with van der Waals surface area (Å²) in [5.74, 6) is 0.254. The molecule has 1 aromatic rings. The summed E-state index contributed by atoms with van der Waals surface area (Å²) < 4.78 is 13.5. The number of hydrogen-bond donors (Lipinski definition) is 1. The van der Waals surface area contributed by atoms with Crippen molar-refractivity contribution in [1.29, 1.82) is 0 Å². The van der Waals surface area contributed by atoms with Gasteiger partial charge in [-0.1, -0.05) is 6.92 Å². The summed E-state index contributed by atoms with van der Waals surface area (Å²) in [6, 6.07) is 1.95. The van der Waals surface area contributed by atoms with Gasteiger partial charge >= 0.3 is 0 Å². The fourth-order valence-electron chi connectivity index (χ4n) is 3.66. The van der Waals surface area contributed by atoms with E-state index in [1.165, 1.54) is 0 Å². The monoisotopic (exact) mass is 294 g/mol. The minimum atomic E-state index is -0.442. The lowest BCUT2D eigenvalue weighted by Crippen LogP contribution is -2.45. The van der Waals surface area contributed by atoms with E-state index in [2.05, 4.69) is 12.0 Å². The second-order valence-corrected chi connectivity index (χ2v) is 6.32. The lowest BCUT2D eigenvalue weighted by molar-refractivity contribution is -0.159. The van der Waals surface area contributed by atoms with Crippen LogP contribution in [0.2, 0.25) is 0 Å². The molecule has 2 aliphatic rings. The summed E-state index contributed by atoms with van der Waals surface area (Å²) in [7, 11) is 0. The lowest BCUT2D eigenvalue weighted by Gasteiger charge is -2.44. The first-order valence-corrected chi connectivity index (χ1v) is 8.15. The zero-order valence-electron chi connectivity index (χ0n) is 12.8. The maximum absolute atomic E-state index is 10.8. The van der Waals surface area contributed by atoms with E-state index in [-0.39, 0.29) is 11.5 Å². The highest BCUT2D eigenvalue weighted by molar-refractivity contribution is 5.07. The molecule has 0 radical (unpaired) electrons. The highest BCUT2D eigenvalue weighted by atomic mass is 16.5. The van der Waals surface area contributed by atoms with Gasteiger partial charge in [-0.25, -0.2) is 0 Å². The Morgan fingerprint density at radius 2 is 2.24 bits per heavy atom. The molecule has 3 rings (SSSR count). The van der Waals surface area contributed by atoms with E-state index in [9.17, 15) is 5.11 Å². The maximum atomic E-state index is 10.8. The Balaban J connectivity index is 1.71. The van der Waals surface area contributed by atoms with Crippen LogP contribution in [0.5, 0.6) is 0 Å². The zero-order valence-corrected chi connectivity index (χ0v) is 12.8. The summed E-state index contributed by atoms with van der Waals surface area (Å²) in [5.41, 5.74) is 0.878. The summed E-state index contributed by atoms with van der Waals surface area (Å²) >= 11 is 0. The van der Waals surface area contributed by atoms with Crippen molar-refractivity contribution >= 4 is 0 Å². The Morgan fingerprint density at radius 3 is 3.00 bits per heavy atom. The molecule has 1 N–H and O–H groups in total. The average Bonchev–Trinajstić information content (AvgIpc) is 2.96. The summed E-state index contributed by atoms with van der Waals surface area (Å²) in [5, 5.41) is 15.1. The molecular formula is C16H26N2O3. The molecule has 0 saturated carbocycles. The Bertz CT molecular complexity index is 449. The number of nitrogens with zero attached hydrogens (tertiary/aromatic N) is 2. The Hall–Kier alpha value is -0.910. The second kappa shape index (κ2) is 6.46. The van der Waals surface area contributed by atoms with Crippen molar-refractivity contribution in [3.05, 3.63) is 18.0 Å². The van der Waals surface area contributed by atoms with Crippen molar-refractivity contribution in [2.24, 2.45) is 5.92 Å². The van der Waals surface area contributed by atoms with Crippen LogP contribution in [0.15, 0.2) is 12.3 Å². The molecule has 0 bridgehead atoms. The third-order valence-corrected chi connectivity index (χ3v) is 4.87. The number of ether oxygens (including phenoxy) is 2. The molecule has 2 fully saturated rings. The van der Waals surface area contributed by atoms with E-state index < -0.39 is 6.10 Å². The molecule has 3 heterocycles. The van der Waals surface area contributed by atoms with E-state index in [1.54, 1.807) is 6.20 Å². The molecular weight excluding hydrogens is 268 g/mol. The standard InChI is InChI=1S/C16H26N2O3/c1-2-8-18-14(3-7-17-18)15(19)13-4-9-21-16(12-13)5-10-20-11-6-16/h3,7,13,15,19H,2,4-6,8-12H2,1H3. The molecule has 5 heteroatoms. The van der Waals surface area contributed by atoms with Crippen LogP contribution in [-0.4, -0.2) is 40.3 Å². The predicted octanol–water partition coefficient (Wildman–Crippen LogP) is 2.30. The van der Waals surface area contributed by atoms with E-state index in [0.717, 1.165) is 64.2 Å². The van der Waals surface area contributed by atoms with Crippen LogP contribution >= 0.6 is 0 Å². The minimum absolute atomic E-state index is 0.0717. The van der Waals surface area contributed by atoms with Crippen molar-refractivity contribution in [2.75, 3.05) is 19.8 Å². The molecule has 0 amide bonds. The first-order chi connectivity index (χ1) is 10.2. The zero-order chi connectivity index (χ0) is 14.7. The molecule has 21 heavy (non-hydrogen) atoms. The number of aliphatic hydroxyl groups is 1. The number of hydrogen-bond acceptors (Lipinski definition) is 4. The molecule has 2 aliphatic heterocycles. The van der Waals surface area contributed by atoms with Crippen molar-refractivity contribution in [3.8, 4) is 0 Å². The van der Waals surface area contributed by atoms with Gasteiger partial charge in [-0.3, -0.25) is 4.68 Å². The first-order valence-electron chi connectivity index (χ1n) is 8.15. The molecule has 2 unspecified atom stereocenters. The van der Waals surface area contributed by atoms with Crippen LogP contribution in [0.1, 0.15) is 50.8 Å². The molecule has 1 spiro atoms. The van der Waals surface area contributed by atoms with Gasteiger partial charge in [0.05, 0.1) is 17.4 Å². The van der Waals surface area contributed by atoms with E-state index in [0.29, 0.717) is 0 Å². The Morgan fingerprint density at radius 1 is 1.43 bits per heavy atom. The molecule has 0 aliphatic carbocycles. The van der Waals surface area contributed by atoms with Crippen LogP contribution < -0.4 is 0 Å². The fourth-order valence-corrected chi connectivity index (χ4v) is 3.66. The molecule has 2 atom stereocenters. The molecule has 0 aromatic carbocycles. The first kappa shape index (κ1) is 15.0. The molecule has 5 nitrogen and oxygen atoms in total. The van der Waals surface area contributed by atoms with E-state index >= 15 is 0 Å². The van der Waals surface area contributed by atoms with Crippen LogP contribution in [0.3, 0.4) is 0 Å². The second-order valence-electron chi connectivity index (χ2n) is 6.32. The van der Waals surface area contributed by atoms with Crippen molar-refractivity contribution in [3.63, 3.8) is 0 Å². The van der Waals surface area contributed by atoms with Crippen molar-refractivity contribution in [2.45, 2.75) is 57.3 Å². The average molecular weight is 294 g/mol. The van der Waals surface area contributed by atoms with Crippen LogP contribution in [0.4, 0.5) is 0 Å². The van der Waals surface area contributed by atoms with Gasteiger partial charge in [-0.15, -0.1) is 0 Å². The van der Waals surface area contributed by atoms with E-state index in [1.807, 2.05) is 10.7 Å². The van der Waals surface area contributed by atoms with Gasteiger partial charge in [-0.05, 0) is 44.1 Å². The minimum Gasteiger partial charge on any atom is -0.387 e. The SMILES string of the molecule is CCCn1nccc1C(O)C1CCOC2(CCOCC2)C1. The predicted molar refractivity (Wildman–Crippen MR) is 78.9 cm³/mol. The summed E-state index contributed by atoms with van der Waals surface area (Å²) in [6.07, 6.45) is 6.11. The van der Waals surface area contributed by atoms with Crippen LogP contribution in [-0.2, 0) is 16.0 Å². The lowest BCUT2D eigenvalue weighted by atomic mass is 9.78. The van der Waals surface area contributed by atoms with Gasteiger partial charge < -0.3 is 14.6 Å². The molecule has 1 aromatic heterocycles. The third-order valence-electron chi connectivity index (χ3n) is 4.87. The fraction of sp³-hybridized carbons (Fsp3) is 0.812. The van der Waals surface area contributed by atoms with Crippen LogP contribution in [0.25, 0.3) is 0 Å². The van der Waals surface area contributed by atoms with Gasteiger partial charge in [0.1, 0.15) is 0 Å². The topological polar surface area (TPSA) is 56.5 Å². The largest absolute Gasteiger partial charge is 0.387 e. The maximum Gasteiger partial charge on any atom is 0.0986 e. The van der Waals surface area contributed by atoms with Gasteiger partial charge in [0.2, 0.25) is 0 Å². The van der Waals surface area contributed by atoms with Crippen molar-refractivity contribution < 1.29 is 14.6 Å². The Kier molecular flexibility index (Phi) is 4.62. The normalized spacial score (nSPS) is 26.9. The Labute approximate surface area is 126 Å². The third kappa shape index (κ3) is 3.15. The van der Waals surface area contributed by atoms with Crippen LogP contribution in [0, 0.1) is 5.92 Å². The molecule has 2 saturated heterocycles. The quantitative estimate of drug-likeness (QED) is 0.926. The smallest absolute Gasteiger partial charge is 0.0986 e. The number of aliphatic hydroxyl groups excluding tert-OH is 1. The van der Waals surface area contributed by atoms with Gasteiger partial charge in [0.25, 0.3) is 0 Å². The number of rotatable bonds is 4. The van der Waals surface area contributed by atoms with Gasteiger partial charge in [0.15, 0.2) is 0 Å². The highest BCUT2D eigenvalue weighted by Crippen LogP contribution is 2.41. The highest BCUT2D eigenvalue weighted by Gasteiger charge is 2.41. The van der Waals surface area contributed by atoms with Gasteiger partial charge in [0, 0.05) is 32.6 Å². The number of aromatic nitrogens is 2. The van der Waals surface area contributed by atoms with Gasteiger partial charge in [-0.2, -0.15) is 5.10 Å². The number of aryl methyl sites for hydroxylation is 1. The van der Waals surface area contributed by atoms with E-state index in [4.69, 9.17) is 9.47 Å². The summed E-state index contributed by atoms with van der Waals surface area (Å²) in [6.45, 7) is 5.28.